The van der Waals surface area contributed by atoms with Gasteiger partial charge in [-0.2, -0.15) is 0 Å². The number of carboxylic acid groups (broad SMARTS) is 1. The second kappa shape index (κ2) is 5.60. The highest BCUT2D eigenvalue weighted by molar-refractivity contribution is 5.83. The van der Waals surface area contributed by atoms with Gasteiger partial charge >= 0.3 is 12.0 Å². The number of aliphatic carboxylic acids is 1. The van der Waals surface area contributed by atoms with Crippen LogP contribution in [0.4, 0.5) is 4.79 Å². The van der Waals surface area contributed by atoms with Crippen molar-refractivity contribution in [2.45, 2.75) is 64.1 Å². The van der Waals surface area contributed by atoms with Crippen molar-refractivity contribution in [3.63, 3.8) is 0 Å². The highest BCUT2D eigenvalue weighted by Gasteiger charge is 2.39. The summed E-state index contributed by atoms with van der Waals surface area (Å²) in [7, 11) is 0. The number of hydrogen-bond donors (Lipinski definition) is 3. The lowest BCUT2D eigenvalue weighted by molar-refractivity contribution is -0.141. The van der Waals surface area contributed by atoms with Crippen LogP contribution >= 0.6 is 0 Å². The van der Waals surface area contributed by atoms with Crippen molar-refractivity contribution >= 4 is 12.0 Å². The van der Waals surface area contributed by atoms with Gasteiger partial charge in [-0.1, -0.05) is 13.8 Å². The van der Waals surface area contributed by atoms with Gasteiger partial charge < -0.3 is 20.4 Å². The molecule has 1 heterocycles. The normalized spacial score (nSPS) is 30.2. The summed E-state index contributed by atoms with van der Waals surface area (Å²) in [5.74, 6) is -1.05. The van der Waals surface area contributed by atoms with Crippen molar-refractivity contribution in [1.82, 2.24) is 10.2 Å². The Kier molecular flexibility index (Phi) is 4.22. The first-order valence-corrected chi connectivity index (χ1v) is 7.26. The molecule has 0 aromatic rings. The Hall–Kier alpha value is -1.30. The molecule has 2 fully saturated rings. The Bertz CT molecular complexity index is 387. The average Bonchev–Trinajstić information content (AvgIpc) is 2.74. The van der Waals surface area contributed by atoms with E-state index in [1.807, 2.05) is 0 Å². The van der Waals surface area contributed by atoms with Crippen LogP contribution in [0.15, 0.2) is 0 Å². The van der Waals surface area contributed by atoms with Crippen molar-refractivity contribution in [3.8, 4) is 0 Å². The fourth-order valence-electron chi connectivity index (χ4n) is 3.07. The minimum atomic E-state index is -1.05. The summed E-state index contributed by atoms with van der Waals surface area (Å²) in [5, 5.41) is 21.6. The summed E-state index contributed by atoms with van der Waals surface area (Å²) in [4.78, 5) is 24.5. The van der Waals surface area contributed by atoms with Crippen molar-refractivity contribution < 1.29 is 19.8 Å². The lowest BCUT2D eigenvalue weighted by Gasteiger charge is -2.35. The van der Waals surface area contributed by atoms with Crippen LogP contribution in [-0.2, 0) is 4.79 Å². The van der Waals surface area contributed by atoms with Crippen LogP contribution in [0, 0.1) is 5.41 Å². The molecule has 2 aliphatic rings. The van der Waals surface area contributed by atoms with E-state index in [2.05, 4.69) is 19.2 Å². The second-order valence-corrected chi connectivity index (χ2v) is 6.78. The van der Waals surface area contributed by atoms with Crippen molar-refractivity contribution in [1.29, 1.82) is 0 Å². The highest BCUT2D eigenvalue weighted by atomic mass is 16.4. The molecular weight excluding hydrogens is 260 g/mol. The second-order valence-electron chi connectivity index (χ2n) is 6.78. The van der Waals surface area contributed by atoms with E-state index in [4.69, 9.17) is 5.11 Å². The minimum absolute atomic E-state index is 0.0982. The third-order valence-electron chi connectivity index (χ3n) is 4.49. The highest BCUT2D eigenvalue weighted by Crippen LogP contribution is 2.35. The molecule has 3 N–H and O–H groups in total. The average molecular weight is 284 g/mol. The molecule has 114 valence electrons. The SMILES string of the molecule is CC1(C)CCC(NC(=O)N2C[C@H](O)C[C@@H]2C(=O)O)CC1. The predicted octanol–water partition coefficient (Wildman–Crippen LogP) is 1.18. The number of aliphatic hydroxyl groups excluding tert-OH is 1. The first-order chi connectivity index (χ1) is 9.28. The molecule has 2 rings (SSSR count). The molecule has 2 atom stereocenters. The first-order valence-electron chi connectivity index (χ1n) is 7.26. The lowest BCUT2D eigenvalue weighted by atomic mass is 9.75. The van der Waals surface area contributed by atoms with Crippen molar-refractivity contribution in [3.05, 3.63) is 0 Å². The lowest BCUT2D eigenvalue weighted by Crippen LogP contribution is -2.50. The number of likely N-dealkylation sites (tertiary alicyclic amines) is 1. The Morgan fingerprint density at radius 3 is 2.40 bits per heavy atom. The molecule has 1 aliphatic heterocycles. The third kappa shape index (κ3) is 3.42. The van der Waals surface area contributed by atoms with E-state index in [1.165, 1.54) is 4.90 Å². The molecule has 6 nitrogen and oxygen atoms in total. The quantitative estimate of drug-likeness (QED) is 0.710. The van der Waals surface area contributed by atoms with Gasteiger partial charge in [-0.15, -0.1) is 0 Å². The van der Waals surface area contributed by atoms with Crippen LogP contribution < -0.4 is 5.32 Å². The van der Waals surface area contributed by atoms with Gasteiger partial charge in [0.1, 0.15) is 6.04 Å². The van der Waals surface area contributed by atoms with E-state index in [0.717, 1.165) is 25.7 Å². The molecule has 1 aliphatic carbocycles. The molecule has 0 aromatic heterocycles. The fraction of sp³-hybridized carbons (Fsp3) is 0.857. The molecule has 0 radical (unpaired) electrons. The Morgan fingerprint density at radius 1 is 1.25 bits per heavy atom. The molecule has 0 unspecified atom stereocenters. The van der Waals surface area contributed by atoms with Crippen LogP contribution in [0.2, 0.25) is 0 Å². The van der Waals surface area contributed by atoms with Gasteiger partial charge in [0.2, 0.25) is 0 Å². The summed E-state index contributed by atoms with van der Waals surface area (Å²) < 4.78 is 0. The molecular formula is C14H24N2O4. The van der Waals surface area contributed by atoms with E-state index in [9.17, 15) is 14.7 Å². The topological polar surface area (TPSA) is 89.9 Å². The smallest absolute Gasteiger partial charge is 0.326 e. The number of carbonyl (C=O) groups excluding carboxylic acids is 1. The summed E-state index contributed by atoms with van der Waals surface area (Å²) in [5.41, 5.74) is 0.328. The number of aliphatic hydroxyl groups is 1. The van der Waals surface area contributed by atoms with Crippen LogP contribution in [0.5, 0.6) is 0 Å². The standard InChI is InChI=1S/C14H24N2O4/c1-14(2)5-3-9(4-6-14)15-13(20)16-8-10(17)7-11(16)12(18)19/h9-11,17H,3-8H2,1-2H3,(H,15,20)(H,18,19)/t10-,11-/m1/s1. The number of nitrogens with zero attached hydrogens (tertiary/aromatic N) is 1. The first kappa shape index (κ1) is 15.1. The van der Waals surface area contributed by atoms with E-state index < -0.39 is 18.1 Å². The maximum Gasteiger partial charge on any atom is 0.326 e. The van der Waals surface area contributed by atoms with Crippen LogP contribution in [0.25, 0.3) is 0 Å². The van der Waals surface area contributed by atoms with Crippen molar-refractivity contribution in [2.75, 3.05) is 6.54 Å². The Balaban J connectivity index is 1.90. The van der Waals surface area contributed by atoms with Gasteiger partial charge in [-0.25, -0.2) is 9.59 Å². The molecule has 0 spiro atoms. The molecule has 0 aromatic carbocycles. The van der Waals surface area contributed by atoms with Gasteiger partial charge in [0.15, 0.2) is 0 Å². The Morgan fingerprint density at radius 2 is 1.85 bits per heavy atom. The number of urea groups is 1. The van der Waals surface area contributed by atoms with Gasteiger partial charge in [0, 0.05) is 19.0 Å². The minimum Gasteiger partial charge on any atom is -0.480 e. The van der Waals surface area contributed by atoms with Gasteiger partial charge in [-0.3, -0.25) is 0 Å². The zero-order chi connectivity index (χ0) is 14.9. The van der Waals surface area contributed by atoms with Crippen LogP contribution in [0.1, 0.15) is 46.0 Å². The van der Waals surface area contributed by atoms with E-state index in [0.29, 0.717) is 5.41 Å². The van der Waals surface area contributed by atoms with Gasteiger partial charge in [-0.05, 0) is 31.1 Å². The number of rotatable bonds is 2. The summed E-state index contributed by atoms with van der Waals surface area (Å²) in [6, 6.07) is -1.16. The van der Waals surface area contributed by atoms with Gasteiger partial charge in [0.05, 0.1) is 6.10 Å². The van der Waals surface area contributed by atoms with Crippen LogP contribution in [0.3, 0.4) is 0 Å². The number of β-amino-alcohol motifs (C(OH)–C–C–N with tert-alkyl or cyclic N) is 1. The molecule has 1 saturated heterocycles. The number of hydrogen-bond acceptors (Lipinski definition) is 3. The number of amides is 2. The van der Waals surface area contributed by atoms with Crippen molar-refractivity contribution in [2.24, 2.45) is 5.41 Å². The van der Waals surface area contributed by atoms with E-state index in [1.54, 1.807) is 0 Å². The van der Waals surface area contributed by atoms with E-state index >= 15 is 0 Å². The zero-order valence-electron chi connectivity index (χ0n) is 12.1. The van der Waals surface area contributed by atoms with E-state index in [-0.39, 0.29) is 25.0 Å². The number of carboxylic acids is 1. The fourth-order valence-corrected chi connectivity index (χ4v) is 3.07. The van der Waals surface area contributed by atoms with Gasteiger partial charge in [0.25, 0.3) is 0 Å². The molecule has 0 bridgehead atoms. The largest absolute Gasteiger partial charge is 0.480 e. The maximum atomic E-state index is 12.2. The van der Waals surface area contributed by atoms with Crippen LogP contribution in [-0.4, -0.2) is 51.8 Å². The molecule has 20 heavy (non-hydrogen) atoms. The summed E-state index contributed by atoms with van der Waals surface area (Å²) >= 11 is 0. The maximum absolute atomic E-state index is 12.2. The summed E-state index contributed by atoms with van der Waals surface area (Å²) in [6.07, 6.45) is 3.33. The Labute approximate surface area is 119 Å². The number of carbonyl (C=O) groups is 2. The zero-order valence-corrected chi connectivity index (χ0v) is 12.1. The molecule has 1 saturated carbocycles. The molecule has 2 amide bonds. The molecule has 6 heteroatoms. The third-order valence-corrected chi connectivity index (χ3v) is 4.49. The predicted molar refractivity (Wildman–Crippen MR) is 73.3 cm³/mol. The summed E-state index contributed by atoms with van der Waals surface area (Å²) in [6.45, 7) is 4.55. The number of nitrogens with one attached hydrogen (secondary N) is 1. The monoisotopic (exact) mass is 284 g/mol.